The molecule has 0 aromatic heterocycles. The SMILES string of the molecule is NCCNC(C1CC1)C1CC1. The predicted molar refractivity (Wildman–Crippen MR) is 46.3 cm³/mol. The summed E-state index contributed by atoms with van der Waals surface area (Å²) >= 11 is 0. The van der Waals surface area contributed by atoms with Crippen LogP contribution in [-0.2, 0) is 0 Å². The molecule has 0 heterocycles. The molecule has 0 aliphatic heterocycles. The molecule has 2 nitrogen and oxygen atoms in total. The standard InChI is InChI=1S/C9H18N2/c10-5-6-11-9(7-1-2-7)8-3-4-8/h7-9,11H,1-6,10H2. The molecule has 2 heteroatoms. The van der Waals surface area contributed by atoms with Crippen LogP contribution in [0.4, 0.5) is 0 Å². The second-order valence-electron chi connectivity index (χ2n) is 3.94. The van der Waals surface area contributed by atoms with Gasteiger partial charge in [0.15, 0.2) is 0 Å². The van der Waals surface area contributed by atoms with E-state index in [1.807, 2.05) is 0 Å². The van der Waals surface area contributed by atoms with E-state index in [-0.39, 0.29) is 0 Å². The van der Waals surface area contributed by atoms with Crippen molar-refractivity contribution in [3.8, 4) is 0 Å². The third kappa shape index (κ3) is 1.94. The summed E-state index contributed by atoms with van der Waals surface area (Å²) in [7, 11) is 0. The average molecular weight is 154 g/mol. The quantitative estimate of drug-likeness (QED) is 0.612. The molecule has 2 saturated carbocycles. The summed E-state index contributed by atoms with van der Waals surface area (Å²) in [5.74, 6) is 2.02. The molecule has 0 radical (unpaired) electrons. The first-order valence-corrected chi connectivity index (χ1v) is 4.85. The monoisotopic (exact) mass is 154 g/mol. The summed E-state index contributed by atoms with van der Waals surface area (Å²) in [4.78, 5) is 0. The van der Waals surface area contributed by atoms with Crippen molar-refractivity contribution in [2.24, 2.45) is 17.6 Å². The van der Waals surface area contributed by atoms with Crippen molar-refractivity contribution < 1.29 is 0 Å². The highest BCUT2D eigenvalue weighted by Gasteiger charge is 2.40. The fraction of sp³-hybridized carbons (Fsp3) is 1.00. The van der Waals surface area contributed by atoms with Crippen LogP contribution in [0.25, 0.3) is 0 Å². The fourth-order valence-corrected chi connectivity index (χ4v) is 1.88. The molecule has 0 atom stereocenters. The molecule has 2 aliphatic rings. The first-order chi connectivity index (χ1) is 5.42. The molecule has 0 saturated heterocycles. The van der Waals surface area contributed by atoms with Gasteiger partial charge in [0.1, 0.15) is 0 Å². The Labute approximate surface area is 68.5 Å². The van der Waals surface area contributed by atoms with Crippen molar-refractivity contribution in [1.29, 1.82) is 0 Å². The Morgan fingerprint density at radius 2 is 1.73 bits per heavy atom. The Morgan fingerprint density at radius 3 is 2.09 bits per heavy atom. The minimum atomic E-state index is 0.788. The van der Waals surface area contributed by atoms with Crippen LogP contribution in [0, 0.1) is 11.8 Å². The number of hydrogen-bond donors (Lipinski definition) is 2. The molecule has 0 spiro atoms. The van der Waals surface area contributed by atoms with Gasteiger partial charge in [0.25, 0.3) is 0 Å². The Bertz CT molecular complexity index is 116. The van der Waals surface area contributed by atoms with Crippen molar-refractivity contribution in [2.45, 2.75) is 31.7 Å². The lowest BCUT2D eigenvalue weighted by molar-refractivity contribution is 0.422. The van der Waals surface area contributed by atoms with Crippen LogP contribution < -0.4 is 11.1 Å². The van der Waals surface area contributed by atoms with E-state index >= 15 is 0 Å². The highest BCUT2D eigenvalue weighted by Crippen LogP contribution is 2.44. The topological polar surface area (TPSA) is 38.0 Å². The van der Waals surface area contributed by atoms with Crippen molar-refractivity contribution in [3.05, 3.63) is 0 Å². The van der Waals surface area contributed by atoms with Gasteiger partial charge in [-0.15, -0.1) is 0 Å². The number of nitrogens with one attached hydrogen (secondary N) is 1. The smallest absolute Gasteiger partial charge is 0.0124 e. The zero-order valence-electron chi connectivity index (χ0n) is 7.05. The molecule has 2 rings (SSSR count). The number of nitrogens with two attached hydrogens (primary N) is 1. The highest BCUT2D eigenvalue weighted by atomic mass is 15.0. The van der Waals surface area contributed by atoms with E-state index in [1.165, 1.54) is 25.7 Å². The van der Waals surface area contributed by atoms with Gasteiger partial charge in [-0.3, -0.25) is 0 Å². The second kappa shape index (κ2) is 3.11. The van der Waals surface area contributed by atoms with Gasteiger partial charge in [-0.25, -0.2) is 0 Å². The summed E-state index contributed by atoms with van der Waals surface area (Å²) in [6, 6.07) is 0.832. The van der Waals surface area contributed by atoms with Gasteiger partial charge in [-0.1, -0.05) is 0 Å². The average Bonchev–Trinajstić information content (AvgIpc) is 2.85. The van der Waals surface area contributed by atoms with Crippen LogP contribution >= 0.6 is 0 Å². The van der Waals surface area contributed by atoms with Gasteiger partial charge in [0, 0.05) is 19.1 Å². The minimum Gasteiger partial charge on any atom is -0.329 e. The summed E-state index contributed by atoms with van der Waals surface area (Å²) < 4.78 is 0. The summed E-state index contributed by atoms with van der Waals surface area (Å²) in [5, 5.41) is 3.57. The third-order valence-electron chi connectivity index (χ3n) is 2.78. The van der Waals surface area contributed by atoms with E-state index in [1.54, 1.807) is 0 Å². The van der Waals surface area contributed by atoms with Crippen LogP contribution in [-0.4, -0.2) is 19.1 Å². The van der Waals surface area contributed by atoms with Crippen LogP contribution in [0.1, 0.15) is 25.7 Å². The lowest BCUT2D eigenvalue weighted by Crippen LogP contribution is -2.36. The molecule has 0 amide bonds. The molecule has 11 heavy (non-hydrogen) atoms. The Hall–Kier alpha value is -0.0800. The van der Waals surface area contributed by atoms with E-state index in [0.717, 1.165) is 31.0 Å². The van der Waals surface area contributed by atoms with Gasteiger partial charge in [-0.2, -0.15) is 0 Å². The third-order valence-corrected chi connectivity index (χ3v) is 2.78. The number of rotatable bonds is 5. The molecular formula is C9H18N2. The molecule has 64 valence electrons. The first-order valence-electron chi connectivity index (χ1n) is 4.85. The van der Waals surface area contributed by atoms with Crippen LogP contribution in [0.3, 0.4) is 0 Å². The van der Waals surface area contributed by atoms with E-state index in [2.05, 4.69) is 5.32 Å². The Balaban J connectivity index is 1.73. The summed E-state index contributed by atoms with van der Waals surface area (Å²) in [6.45, 7) is 1.80. The highest BCUT2D eigenvalue weighted by molar-refractivity contribution is 4.96. The lowest BCUT2D eigenvalue weighted by Gasteiger charge is -2.16. The zero-order valence-corrected chi connectivity index (χ0v) is 7.05. The van der Waals surface area contributed by atoms with Gasteiger partial charge < -0.3 is 11.1 Å². The second-order valence-corrected chi connectivity index (χ2v) is 3.94. The molecule has 0 bridgehead atoms. The van der Waals surface area contributed by atoms with E-state index < -0.39 is 0 Å². The predicted octanol–water partition coefficient (Wildman–Crippen LogP) is 0.723. The van der Waals surface area contributed by atoms with Crippen molar-refractivity contribution in [3.63, 3.8) is 0 Å². The van der Waals surface area contributed by atoms with E-state index in [4.69, 9.17) is 5.73 Å². The molecule has 3 N–H and O–H groups in total. The first kappa shape index (κ1) is 7.56. The zero-order chi connectivity index (χ0) is 7.68. The lowest BCUT2D eigenvalue weighted by atomic mass is 10.1. The van der Waals surface area contributed by atoms with Crippen molar-refractivity contribution in [2.75, 3.05) is 13.1 Å². The van der Waals surface area contributed by atoms with Crippen LogP contribution in [0.15, 0.2) is 0 Å². The van der Waals surface area contributed by atoms with Gasteiger partial charge in [-0.05, 0) is 37.5 Å². The largest absolute Gasteiger partial charge is 0.329 e. The van der Waals surface area contributed by atoms with Crippen LogP contribution in [0.5, 0.6) is 0 Å². The maximum Gasteiger partial charge on any atom is 0.0124 e. The Morgan fingerprint density at radius 1 is 1.18 bits per heavy atom. The van der Waals surface area contributed by atoms with Crippen molar-refractivity contribution in [1.82, 2.24) is 5.32 Å². The normalized spacial score (nSPS) is 24.5. The Kier molecular flexibility index (Phi) is 2.14. The molecular weight excluding hydrogens is 136 g/mol. The van der Waals surface area contributed by atoms with Gasteiger partial charge >= 0.3 is 0 Å². The van der Waals surface area contributed by atoms with E-state index in [0.29, 0.717) is 0 Å². The summed E-state index contributed by atoms with van der Waals surface area (Å²) in [6.07, 6.45) is 5.83. The molecule has 0 aromatic carbocycles. The van der Waals surface area contributed by atoms with E-state index in [9.17, 15) is 0 Å². The molecule has 0 unspecified atom stereocenters. The minimum absolute atomic E-state index is 0.788. The van der Waals surface area contributed by atoms with Crippen LogP contribution in [0.2, 0.25) is 0 Å². The fourth-order valence-electron chi connectivity index (χ4n) is 1.88. The number of hydrogen-bond acceptors (Lipinski definition) is 2. The summed E-state index contributed by atoms with van der Waals surface area (Å²) in [5.41, 5.74) is 5.46. The van der Waals surface area contributed by atoms with Crippen molar-refractivity contribution >= 4 is 0 Å². The molecule has 2 aliphatic carbocycles. The van der Waals surface area contributed by atoms with Gasteiger partial charge in [0.2, 0.25) is 0 Å². The molecule has 0 aromatic rings. The maximum absolute atomic E-state index is 5.46. The molecule has 2 fully saturated rings. The van der Waals surface area contributed by atoms with Gasteiger partial charge in [0.05, 0.1) is 0 Å². The maximum atomic E-state index is 5.46.